The molecule has 0 aromatic heterocycles. The van der Waals surface area contributed by atoms with E-state index in [-0.39, 0.29) is 21.4 Å². The van der Waals surface area contributed by atoms with E-state index in [2.05, 4.69) is 0 Å². The number of benzene rings is 1. The maximum atomic E-state index is 12.5. The van der Waals surface area contributed by atoms with Gasteiger partial charge in [-0.2, -0.15) is 17.9 Å². The van der Waals surface area contributed by atoms with E-state index in [1.54, 1.807) is 10.8 Å². The zero-order chi connectivity index (χ0) is 17.3. The molecule has 0 amide bonds. The fourth-order valence-corrected chi connectivity index (χ4v) is 3.83. The van der Waals surface area contributed by atoms with Crippen LogP contribution in [-0.2, 0) is 10.0 Å². The van der Waals surface area contributed by atoms with E-state index in [9.17, 15) is 21.6 Å². The molecular formula is C14H19ClF3NO2S. The van der Waals surface area contributed by atoms with E-state index in [1.165, 1.54) is 13.0 Å². The van der Waals surface area contributed by atoms with Gasteiger partial charge in [-0.05, 0) is 43.4 Å². The number of halogens is 4. The van der Waals surface area contributed by atoms with Gasteiger partial charge in [0.15, 0.2) is 0 Å². The highest BCUT2D eigenvalue weighted by molar-refractivity contribution is 7.89. The Morgan fingerprint density at radius 3 is 2.27 bits per heavy atom. The zero-order valence-corrected chi connectivity index (χ0v) is 14.3. The number of alkyl halides is 3. The van der Waals surface area contributed by atoms with Gasteiger partial charge in [0.2, 0.25) is 10.0 Å². The van der Waals surface area contributed by atoms with Crippen molar-refractivity contribution in [1.29, 1.82) is 0 Å². The smallest absolute Gasteiger partial charge is 0.207 e. The van der Waals surface area contributed by atoms with Gasteiger partial charge < -0.3 is 0 Å². The van der Waals surface area contributed by atoms with Gasteiger partial charge in [0.05, 0.1) is 4.90 Å². The summed E-state index contributed by atoms with van der Waals surface area (Å²) in [7, 11) is -4.30. The first-order valence-electron chi connectivity index (χ1n) is 6.79. The Hall–Kier alpha value is -0.790. The van der Waals surface area contributed by atoms with Crippen LogP contribution in [0.25, 0.3) is 0 Å². The van der Waals surface area contributed by atoms with Crippen LogP contribution in [0.1, 0.15) is 44.2 Å². The summed E-state index contributed by atoms with van der Waals surface area (Å²) in [5.41, 5.74) is 1.03. The molecule has 1 N–H and O–H groups in total. The fraction of sp³-hybridized carbons (Fsp3) is 0.571. The van der Waals surface area contributed by atoms with Crippen LogP contribution in [0.3, 0.4) is 0 Å². The van der Waals surface area contributed by atoms with Crippen LogP contribution in [0.5, 0.6) is 0 Å². The minimum Gasteiger partial charge on any atom is -0.207 e. The standard InChI is InChI=1S/C14H19ClF3NO2S/c1-5-8(2)11-6-7-12(9(3)13(11)15)22(20,21)19-10(4)14(16,17)18/h6-8,10,19H,5H2,1-4H3/t8?,10-/m0/s1. The lowest BCUT2D eigenvalue weighted by Gasteiger charge is -2.20. The van der Waals surface area contributed by atoms with Crippen LogP contribution in [0.15, 0.2) is 17.0 Å². The fourth-order valence-electron chi connectivity index (χ4n) is 1.94. The summed E-state index contributed by atoms with van der Waals surface area (Å²) in [5, 5.41) is 0.275. The molecule has 0 radical (unpaired) electrons. The van der Waals surface area contributed by atoms with E-state index >= 15 is 0 Å². The Bertz CT molecular complexity index is 644. The number of hydrogen-bond acceptors (Lipinski definition) is 2. The van der Waals surface area contributed by atoms with Crippen molar-refractivity contribution in [3.8, 4) is 0 Å². The van der Waals surface area contributed by atoms with Gasteiger partial charge in [0, 0.05) is 5.02 Å². The minimum absolute atomic E-state index is 0.130. The molecule has 1 rings (SSSR count). The van der Waals surface area contributed by atoms with Crippen LogP contribution in [0.4, 0.5) is 13.2 Å². The third-order valence-corrected chi connectivity index (χ3v) is 5.81. The first-order chi connectivity index (χ1) is 9.91. The molecule has 1 aromatic carbocycles. The molecule has 0 saturated carbocycles. The predicted octanol–water partition coefficient (Wildman–Crippen LogP) is 4.39. The van der Waals surface area contributed by atoms with E-state index in [4.69, 9.17) is 11.6 Å². The molecule has 0 fully saturated rings. The lowest BCUT2D eigenvalue weighted by Crippen LogP contribution is -2.43. The lowest BCUT2D eigenvalue weighted by atomic mass is 9.97. The molecule has 0 spiro atoms. The van der Waals surface area contributed by atoms with Crippen LogP contribution in [-0.4, -0.2) is 20.6 Å². The summed E-state index contributed by atoms with van der Waals surface area (Å²) in [5.74, 6) is 0.130. The highest BCUT2D eigenvalue weighted by Crippen LogP contribution is 2.33. The second-order valence-corrected chi connectivity index (χ2v) is 7.35. The molecule has 0 aliphatic rings. The van der Waals surface area contributed by atoms with Crippen molar-refractivity contribution in [1.82, 2.24) is 4.72 Å². The quantitative estimate of drug-likeness (QED) is 0.849. The maximum Gasteiger partial charge on any atom is 0.404 e. The van der Waals surface area contributed by atoms with E-state index < -0.39 is 22.2 Å². The number of hydrogen-bond donors (Lipinski definition) is 1. The molecule has 0 aliphatic carbocycles. The normalized spacial score (nSPS) is 15.6. The Morgan fingerprint density at radius 1 is 1.27 bits per heavy atom. The molecule has 0 heterocycles. The molecule has 8 heteroatoms. The van der Waals surface area contributed by atoms with Gasteiger partial charge in [-0.1, -0.05) is 31.5 Å². The van der Waals surface area contributed by atoms with Crippen molar-refractivity contribution >= 4 is 21.6 Å². The molecule has 126 valence electrons. The Balaban J connectivity index is 3.25. The third kappa shape index (κ3) is 4.14. The molecule has 0 saturated heterocycles. The van der Waals surface area contributed by atoms with Crippen molar-refractivity contribution in [2.45, 2.75) is 57.1 Å². The summed E-state index contributed by atoms with van der Waals surface area (Å²) in [6.07, 6.45) is -3.84. The molecule has 1 unspecified atom stereocenters. The number of nitrogens with one attached hydrogen (secondary N) is 1. The van der Waals surface area contributed by atoms with Gasteiger partial charge >= 0.3 is 6.18 Å². The molecule has 1 aromatic rings. The monoisotopic (exact) mass is 357 g/mol. The van der Waals surface area contributed by atoms with Crippen LogP contribution in [0.2, 0.25) is 5.02 Å². The van der Waals surface area contributed by atoms with Gasteiger partial charge in [-0.3, -0.25) is 0 Å². The van der Waals surface area contributed by atoms with Gasteiger partial charge in [0.1, 0.15) is 6.04 Å². The topological polar surface area (TPSA) is 46.2 Å². The van der Waals surface area contributed by atoms with E-state index in [0.717, 1.165) is 18.9 Å². The van der Waals surface area contributed by atoms with Crippen molar-refractivity contribution in [2.75, 3.05) is 0 Å². The maximum absolute atomic E-state index is 12.5. The molecule has 22 heavy (non-hydrogen) atoms. The first-order valence-corrected chi connectivity index (χ1v) is 8.66. The first kappa shape index (κ1) is 19.3. The zero-order valence-electron chi connectivity index (χ0n) is 12.8. The molecule has 0 bridgehead atoms. The molecule has 3 nitrogen and oxygen atoms in total. The van der Waals surface area contributed by atoms with Gasteiger partial charge in [-0.15, -0.1) is 0 Å². The van der Waals surface area contributed by atoms with Crippen LogP contribution >= 0.6 is 11.6 Å². The van der Waals surface area contributed by atoms with Crippen molar-refractivity contribution in [3.63, 3.8) is 0 Å². The average molecular weight is 358 g/mol. The lowest BCUT2D eigenvalue weighted by molar-refractivity contribution is -0.147. The largest absolute Gasteiger partial charge is 0.404 e. The van der Waals surface area contributed by atoms with E-state index in [0.29, 0.717) is 0 Å². The van der Waals surface area contributed by atoms with E-state index in [1.807, 2.05) is 13.8 Å². The van der Waals surface area contributed by atoms with Gasteiger partial charge in [-0.25, -0.2) is 8.42 Å². The highest BCUT2D eigenvalue weighted by atomic mass is 35.5. The predicted molar refractivity (Wildman–Crippen MR) is 80.7 cm³/mol. The van der Waals surface area contributed by atoms with Crippen molar-refractivity contribution in [3.05, 3.63) is 28.3 Å². The Labute approximate surface area is 133 Å². The number of rotatable bonds is 5. The summed E-state index contributed by atoms with van der Waals surface area (Å²) >= 11 is 6.19. The minimum atomic E-state index is -4.65. The summed E-state index contributed by atoms with van der Waals surface area (Å²) in [6, 6.07) is 0.676. The Morgan fingerprint density at radius 2 is 1.82 bits per heavy atom. The van der Waals surface area contributed by atoms with Gasteiger partial charge in [0.25, 0.3) is 0 Å². The summed E-state index contributed by atoms with van der Waals surface area (Å²) in [6.45, 7) is 6.15. The summed E-state index contributed by atoms with van der Waals surface area (Å²) < 4.78 is 63.5. The molecular weight excluding hydrogens is 339 g/mol. The van der Waals surface area contributed by atoms with Crippen molar-refractivity contribution < 1.29 is 21.6 Å². The van der Waals surface area contributed by atoms with Crippen LogP contribution < -0.4 is 4.72 Å². The second kappa shape index (κ2) is 6.76. The molecule has 2 atom stereocenters. The highest BCUT2D eigenvalue weighted by Gasteiger charge is 2.39. The average Bonchev–Trinajstić information content (AvgIpc) is 2.39. The second-order valence-electron chi connectivity index (χ2n) is 5.29. The Kier molecular flexibility index (Phi) is 5.92. The number of sulfonamides is 1. The van der Waals surface area contributed by atoms with Crippen LogP contribution in [0, 0.1) is 6.92 Å². The molecule has 0 aliphatic heterocycles. The van der Waals surface area contributed by atoms with Crippen molar-refractivity contribution in [2.24, 2.45) is 0 Å². The third-order valence-electron chi connectivity index (χ3n) is 3.62. The summed E-state index contributed by atoms with van der Waals surface area (Å²) in [4.78, 5) is -0.236. The SMILES string of the molecule is CCC(C)c1ccc(S(=O)(=O)N[C@@H](C)C(F)(F)F)c(C)c1Cl.